The Morgan fingerprint density at radius 1 is 1.31 bits per heavy atom. The van der Waals surface area contributed by atoms with Gasteiger partial charge in [-0.3, -0.25) is 14.6 Å². The molecule has 6 nitrogen and oxygen atoms in total. The van der Waals surface area contributed by atoms with Crippen LogP contribution in [-0.4, -0.2) is 56.5 Å². The van der Waals surface area contributed by atoms with Gasteiger partial charge in [0, 0.05) is 31.9 Å². The van der Waals surface area contributed by atoms with Crippen molar-refractivity contribution in [2.75, 3.05) is 44.2 Å². The molecule has 0 radical (unpaired) electrons. The van der Waals surface area contributed by atoms with Crippen molar-refractivity contribution in [3.05, 3.63) is 47.5 Å². The summed E-state index contributed by atoms with van der Waals surface area (Å²) in [5.74, 6) is 1.33. The molecule has 1 aliphatic rings. The lowest BCUT2D eigenvalue weighted by Crippen LogP contribution is -2.48. The van der Waals surface area contributed by atoms with Crippen molar-refractivity contribution in [1.82, 2.24) is 10.2 Å². The highest BCUT2D eigenvalue weighted by Gasteiger charge is 2.21. The molecule has 29 heavy (non-hydrogen) atoms. The van der Waals surface area contributed by atoms with Crippen molar-refractivity contribution >= 4 is 30.6 Å². The largest absolute Gasteiger partial charge is 0.492 e. The van der Waals surface area contributed by atoms with Crippen molar-refractivity contribution < 1.29 is 9.53 Å². The minimum atomic E-state index is 0.527. The Hall–Kier alpha value is -2.09. The van der Waals surface area contributed by atoms with E-state index < -0.39 is 0 Å². The van der Waals surface area contributed by atoms with Crippen LogP contribution < -0.4 is 15.0 Å². The van der Waals surface area contributed by atoms with Crippen LogP contribution in [0.25, 0.3) is 0 Å². The number of carbonyl (C=O) groups is 1. The Morgan fingerprint density at radius 2 is 2.00 bits per heavy atom. The molecule has 1 aliphatic heterocycles. The predicted octanol–water partition coefficient (Wildman–Crippen LogP) is 3.73. The topological polar surface area (TPSA) is 57.2 Å². The van der Waals surface area contributed by atoms with Crippen LogP contribution in [0.5, 0.6) is 5.75 Å². The van der Waals surface area contributed by atoms with Gasteiger partial charge in [0.1, 0.15) is 11.6 Å². The number of ether oxygens (including phenoxy) is 1. The van der Waals surface area contributed by atoms with Gasteiger partial charge in [0.05, 0.1) is 18.8 Å². The van der Waals surface area contributed by atoms with E-state index in [0.717, 1.165) is 38.3 Å². The maximum Gasteiger partial charge on any atom is 0.219 e. The third-order valence-corrected chi connectivity index (χ3v) is 4.28. The summed E-state index contributed by atoms with van der Waals surface area (Å²) in [6.07, 6.45) is 4.48. The fourth-order valence-electron chi connectivity index (χ4n) is 2.85. The molecule has 0 bridgehead atoms. The van der Waals surface area contributed by atoms with Gasteiger partial charge in [0.15, 0.2) is 0 Å². The zero-order valence-electron chi connectivity index (χ0n) is 18.0. The molecular weight excluding hydrogens is 384 g/mol. The molecule has 2 rings (SSSR count). The van der Waals surface area contributed by atoms with Crippen LogP contribution in [0.15, 0.2) is 52.5 Å². The lowest BCUT2D eigenvalue weighted by molar-refractivity contribution is -0.106. The number of anilines is 1. The number of allylic oxidation sites excluding steroid dienone is 3. The van der Waals surface area contributed by atoms with Crippen LogP contribution in [0.2, 0.25) is 0 Å². The monoisotopic (exact) mass is 418 g/mol. The SMILES string of the molecule is CC.CCOc1ccccc1N(C=O)C(CN1CCNCC1)=N/C(C)=C/C=C\S. The van der Waals surface area contributed by atoms with Gasteiger partial charge in [-0.25, -0.2) is 4.99 Å². The van der Waals surface area contributed by atoms with E-state index in [1.165, 1.54) is 0 Å². The molecule has 1 aromatic rings. The number of nitrogens with zero attached hydrogens (tertiary/aromatic N) is 3. The van der Waals surface area contributed by atoms with Gasteiger partial charge in [-0.2, -0.15) is 12.6 Å². The zero-order chi connectivity index (χ0) is 21.5. The van der Waals surface area contributed by atoms with Gasteiger partial charge in [-0.1, -0.05) is 32.1 Å². The lowest BCUT2D eigenvalue weighted by Gasteiger charge is -2.30. The number of aliphatic imine (C=N–C) groups is 1. The first-order chi connectivity index (χ1) is 14.2. The summed E-state index contributed by atoms with van der Waals surface area (Å²) < 4.78 is 5.71. The molecule has 1 fully saturated rings. The average molecular weight is 419 g/mol. The van der Waals surface area contributed by atoms with Gasteiger partial charge in [0.2, 0.25) is 6.41 Å². The molecule has 0 aliphatic carbocycles. The number of hydrogen-bond acceptors (Lipinski definition) is 6. The number of carbonyl (C=O) groups excluding carboxylic acids is 1. The summed E-state index contributed by atoms with van der Waals surface area (Å²) in [7, 11) is 0. The quantitative estimate of drug-likeness (QED) is 0.222. The van der Waals surface area contributed by atoms with E-state index in [4.69, 9.17) is 9.73 Å². The highest BCUT2D eigenvalue weighted by molar-refractivity contribution is 7.83. The first kappa shape index (κ1) is 24.9. The van der Waals surface area contributed by atoms with Gasteiger partial charge in [0.25, 0.3) is 0 Å². The van der Waals surface area contributed by atoms with Crippen molar-refractivity contribution in [2.45, 2.75) is 27.7 Å². The van der Waals surface area contributed by atoms with Crippen LogP contribution in [0, 0.1) is 0 Å². The molecule has 0 spiro atoms. The molecule has 7 heteroatoms. The maximum atomic E-state index is 12.1. The minimum Gasteiger partial charge on any atom is -0.492 e. The van der Waals surface area contributed by atoms with Gasteiger partial charge < -0.3 is 10.1 Å². The number of thiol groups is 1. The van der Waals surface area contributed by atoms with Crippen LogP contribution in [0.3, 0.4) is 0 Å². The molecule has 160 valence electrons. The Labute approximate surface area is 180 Å². The van der Waals surface area contributed by atoms with Crippen LogP contribution in [0.1, 0.15) is 27.7 Å². The van der Waals surface area contributed by atoms with Gasteiger partial charge in [-0.05, 0) is 37.5 Å². The Bertz CT molecular complexity index is 698. The molecule has 0 atom stereocenters. The van der Waals surface area contributed by atoms with Gasteiger partial charge >= 0.3 is 0 Å². The molecule has 1 amide bonds. The van der Waals surface area contributed by atoms with Gasteiger partial charge in [-0.15, -0.1) is 0 Å². The number of amidine groups is 1. The van der Waals surface area contributed by atoms with Crippen molar-refractivity contribution in [2.24, 2.45) is 4.99 Å². The summed E-state index contributed by atoms with van der Waals surface area (Å²) in [5, 5.41) is 4.99. The Balaban J connectivity index is 0.00000204. The molecule has 0 aromatic heterocycles. The van der Waals surface area contributed by atoms with Crippen molar-refractivity contribution in [3.8, 4) is 5.75 Å². The number of nitrogens with one attached hydrogen (secondary N) is 1. The summed E-state index contributed by atoms with van der Waals surface area (Å²) in [6.45, 7) is 12.6. The fourth-order valence-corrected chi connectivity index (χ4v) is 2.93. The van der Waals surface area contributed by atoms with E-state index >= 15 is 0 Å². The highest BCUT2D eigenvalue weighted by atomic mass is 32.1. The zero-order valence-corrected chi connectivity index (χ0v) is 18.9. The van der Waals surface area contributed by atoms with Crippen molar-refractivity contribution in [3.63, 3.8) is 0 Å². The summed E-state index contributed by atoms with van der Waals surface area (Å²) in [6, 6.07) is 7.53. The Morgan fingerprint density at radius 3 is 2.62 bits per heavy atom. The second-order valence-electron chi connectivity index (χ2n) is 6.08. The second-order valence-corrected chi connectivity index (χ2v) is 6.38. The molecule has 1 heterocycles. The number of rotatable bonds is 8. The van der Waals surface area contributed by atoms with E-state index in [9.17, 15) is 4.79 Å². The van der Waals surface area contributed by atoms with E-state index in [-0.39, 0.29) is 0 Å². The summed E-state index contributed by atoms with van der Waals surface area (Å²) >= 11 is 4.07. The van der Waals surface area contributed by atoms with E-state index in [1.54, 1.807) is 10.3 Å². The maximum absolute atomic E-state index is 12.1. The first-order valence-electron chi connectivity index (χ1n) is 10.1. The molecule has 1 aromatic carbocycles. The fraction of sp³-hybridized carbons (Fsp3) is 0.455. The third-order valence-electron chi connectivity index (χ3n) is 4.11. The third kappa shape index (κ3) is 8.43. The number of amides is 1. The van der Waals surface area contributed by atoms with Crippen LogP contribution >= 0.6 is 12.6 Å². The lowest BCUT2D eigenvalue weighted by atomic mass is 10.2. The number of para-hydroxylation sites is 2. The standard InChI is InChI=1S/C20H28N4O2S.C2H6/c1-3-26-19-9-5-4-8-18(19)24(16-25)20(22-17(2)7-6-14-27)15-23-12-10-21-11-13-23;1-2/h4-9,14,16,21,27H,3,10-13,15H2,1-2H3;1-2H3/b14-6-,17-7+,22-20?;. The van der Waals surface area contributed by atoms with E-state index in [1.807, 2.05) is 64.1 Å². The Kier molecular flexibility index (Phi) is 12.8. The molecule has 0 saturated carbocycles. The number of piperazine rings is 1. The molecule has 0 unspecified atom stereocenters. The minimum absolute atomic E-state index is 0.527. The molecule has 1 saturated heterocycles. The summed E-state index contributed by atoms with van der Waals surface area (Å²) in [5.41, 5.74) is 1.49. The molecule has 1 N–H and O–H groups in total. The van der Waals surface area contributed by atoms with E-state index in [0.29, 0.717) is 30.4 Å². The highest BCUT2D eigenvalue weighted by Crippen LogP contribution is 2.28. The summed E-state index contributed by atoms with van der Waals surface area (Å²) in [4.78, 5) is 20.6. The predicted molar refractivity (Wildman–Crippen MR) is 126 cm³/mol. The van der Waals surface area contributed by atoms with Crippen LogP contribution in [0.4, 0.5) is 5.69 Å². The number of benzene rings is 1. The van der Waals surface area contributed by atoms with Crippen molar-refractivity contribution in [1.29, 1.82) is 0 Å². The normalized spacial score (nSPS) is 15.6. The second kappa shape index (κ2) is 14.8. The average Bonchev–Trinajstić information content (AvgIpc) is 2.76. The smallest absolute Gasteiger partial charge is 0.219 e. The first-order valence-corrected chi connectivity index (χ1v) is 10.7. The van der Waals surface area contributed by atoms with E-state index in [2.05, 4.69) is 22.8 Å². The molecular formula is C22H34N4O2S. The number of hydrogen-bond donors (Lipinski definition) is 2. The van der Waals surface area contributed by atoms with Crippen LogP contribution in [-0.2, 0) is 4.79 Å².